The molecular weight excluding hydrogens is 238 g/mol. The Bertz CT molecular complexity index is 377. The highest BCUT2D eigenvalue weighted by Gasteiger charge is 2.20. The van der Waals surface area contributed by atoms with E-state index in [-0.39, 0.29) is 12.5 Å². The second-order valence-corrected chi connectivity index (χ2v) is 5.20. The lowest BCUT2D eigenvalue weighted by atomic mass is 10.0. The van der Waals surface area contributed by atoms with Crippen LogP contribution in [-0.4, -0.2) is 28.1 Å². The average molecular weight is 257 g/mol. The smallest absolute Gasteiger partial charge is 0.270 e. The van der Waals surface area contributed by atoms with Crippen molar-refractivity contribution in [3.05, 3.63) is 16.1 Å². The zero-order chi connectivity index (χ0) is 12.9. The Morgan fingerprint density at radius 3 is 2.94 bits per heavy atom. The van der Waals surface area contributed by atoms with Gasteiger partial charge in [-0.2, -0.15) is 0 Å². The Morgan fingerprint density at radius 1 is 1.71 bits per heavy atom. The summed E-state index contributed by atoms with van der Waals surface area (Å²) in [5.41, 5.74) is 4.92. The zero-order valence-electron chi connectivity index (χ0n) is 10.2. The first kappa shape index (κ1) is 14.1. The van der Waals surface area contributed by atoms with Gasteiger partial charge in [-0.15, -0.1) is 11.3 Å². The Morgan fingerprint density at radius 2 is 2.41 bits per heavy atom. The van der Waals surface area contributed by atoms with E-state index in [0.717, 1.165) is 11.4 Å². The van der Waals surface area contributed by atoms with Gasteiger partial charge >= 0.3 is 0 Å². The van der Waals surface area contributed by atoms with E-state index in [1.54, 1.807) is 12.3 Å². The fourth-order valence-electron chi connectivity index (χ4n) is 1.50. The minimum absolute atomic E-state index is 0.231. The van der Waals surface area contributed by atoms with Crippen molar-refractivity contribution in [1.29, 1.82) is 0 Å². The predicted octanol–water partition coefficient (Wildman–Crippen LogP) is 0.883. The van der Waals surface area contributed by atoms with Crippen LogP contribution in [0.25, 0.3) is 0 Å². The third-order valence-corrected chi connectivity index (χ3v) is 3.25. The Hall–Kier alpha value is -0.980. The van der Waals surface area contributed by atoms with Gasteiger partial charge in [0.2, 0.25) is 0 Å². The van der Waals surface area contributed by atoms with Gasteiger partial charge in [0.25, 0.3) is 5.91 Å². The van der Waals surface area contributed by atoms with Crippen molar-refractivity contribution in [3.63, 3.8) is 0 Å². The Balaban J connectivity index is 2.49. The van der Waals surface area contributed by atoms with Crippen LogP contribution in [0.3, 0.4) is 0 Å². The van der Waals surface area contributed by atoms with Crippen LogP contribution in [-0.2, 0) is 6.54 Å². The Kier molecular flexibility index (Phi) is 5.04. The van der Waals surface area contributed by atoms with Gasteiger partial charge < -0.3 is 16.2 Å². The average Bonchev–Trinajstić information content (AvgIpc) is 2.74. The molecule has 0 aromatic carbocycles. The maximum absolute atomic E-state index is 11.7. The number of nitrogens with two attached hydrogens (primary N) is 1. The number of rotatable bonds is 6. The summed E-state index contributed by atoms with van der Waals surface area (Å²) in [7, 11) is 0. The third-order valence-electron chi connectivity index (χ3n) is 2.38. The van der Waals surface area contributed by atoms with Crippen LogP contribution >= 0.6 is 11.3 Å². The lowest BCUT2D eigenvalue weighted by molar-refractivity contribution is 0.0468. The fraction of sp³-hybridized carbons (Fsp3) is 0.636. The Labute approximate surface area is 105 Å². The quantitative estimate of drug-likeness (QED) is 0.706. The van der Waals surface area contributed by atoms with Gasteiger partial charge in [-0.1, -0.05) is 13.3 Å². The summed E-state index contributed by atoms with van der Waals surface area (Å²) in [6.45, 7) is 4.27. The van der Waals surface area contributed by atoms with E-state index in [0.29, 0.717) is 18.7 Å². The van der Waals surface area contributed by atoms with Crippen LogP contribution in [0.4, 0.5) is 0 Å². The normalized spacial score (nSPS) is 14.4. The van der Waals surface area contributed by atoms with E-state index in [1.165, 1.54) is 11.3 Å². The summed E-state index contributed by atoms with van der Waals surface area (Å²) in [5, 5.41) is 15.0. The summed E-state index contributed by atoms with van der Waals surface area (Å²) in [6.07, 6.45) is 1.52. The molecule has 5 nitrogen and oxygen atoms in total. The number of nitrogens with one attached hydrogen (secondary N) is 1. The minimum atomic E-state index is -0.864. The number of aliphatic hydroxyl groups is 1. The van der Waals surface area contributed by atoms with Crippen molar-refractivity contribution >= 4 is 17.2 Å². The first-order valence-electron chi connectivity index (χ1n) is 5.63. The van der Waals surface area contributed by atoms with Gasteiger partial charge in [0.1, 0.15) is 10.7 Å². The molecule has 0 fully saturated rings. The molecule has 1 unspecified atom stereocenters. The van der Waals surface area contributed by atoms with Crippen molar-refractivity contribution in [2.24, 2.45) is 5.73 Å². The van der Waals surface area contributed by atoms with Gasteiger partial charge in [0.05, 0.1) is 5.60 Å². The summed E-state index contributed by atoms with van der Waals surface area (Å²) < 4.78 is 0. The van der Waals surface area contributed by atoms with Crippen LogP contribution in [0, 0.1) is 0 Å². The molecule has 17 heavy (non-hydrogen) atoms. The van der Waals surface area contributed by atoms with E-state index in [1.807, 2.05) is 6.92 Å². The van der Waals surface area contributed by atoms with Crippen molar-refractivity contribution in [2.45, 2.75) is 38.8 Å². The zero-order valence-corrected chi connectivity index (χ0v) is 11.0. The number of aromatic nitrogens is 1. The molecular formula is C11H19N3O2S. The van der Waals surface area contributed by atoms with Gasteiger partial charge in [-0.05, 0) is 13.3 Å². The number of hydrogen-bond donors (Lipinski definition) is 3. The van der Waals surface area contributed by atoms with E-state index >= 15 is 0 Å². The summed E-state index contributed by atoms with van der Waals surface area (Å²) in [5.74, 6) is -0.266. The third kappa shape index (κ3) is 4.41. The van der Waals surface area contributed by atoms with Gasteiger partial charge in [0, 0.05) is 18.5 Å². The molecule has 0 aliphatic heterocycles. The van der Waals surface area contributed by atoms with Gasteiger partial charge in [-0.25, -0.2) is 4.98 Å². The van der Waals surface area contributed by atoms with Crippen molar-refractivity contribution in [3.8, 4) is 0 Å². The van der Waals surface area contributed by atoms with Gasteiger partial charge in [0.15, 0.2) is 0 Å². The topological polar surface area (TPSA) is 88.2 Å². The molecule has 1 amide bonds. The lowest BCUT2D eigenvalue weighted by Crippen LogP contribution is -2.40. The predicted molar refractivity (Wildman–Crippen MR) is 67.9 cm³/mol. The molecule has 1 aromatic rings. The van der Waals surface area contributed by atoms with Crippen molar-refractivity contribution in [1.82, 2.24) is 10.3 Å². The van der Waals surface area contributed by atoms with Crippen LogP contribution < -0.4 is 11.1 Å². The molecule has 4 N–H and O–H groups in total. The summed E-state index contributed by atoms with van der Waals surface area (Å²) in [6, 6.07) is 0. The van der Waals surface area contributed by atoms with Crippen LogP contribution in [0.1, 0.15) is 42.2 Å². The fourth-order valence-corrected chi connectivity index (χ4v) is 2.15. The molecule has 96 valence electrons. The molecule has 1 atom stereocenters. The molecule has 1 aromatic heterocycles. The van der Waals surface area contributed by atoms with Crippen LogP contribution in [0.15, 0.2) is 5.38 Å². The second-order valence-electron chi connectivity index (χ2n) is 4.26. The van der Waals surface area contributed by atoms with E-state index < -0.39 is 5.60 Å². The number of hydrogen-bond acceptors (Lipinski definition) is 5. The lowest BCUT2D eigenvalue weighted by Gasteiger charge is -2.22. The second kappa shape index (κ2) is 6.09. The standard InChI is InChI=1S/C11H19N3O2S/c1-3-4-11(2,16)7-13-10(15)8-6-17-9(5-12)14-8/h6,16H,3-5,7,12H2,1-2H3,(H,13,15). The molecule has 0 bridgehead atoms. The molecule has 0 radical (unpaired) electrons. The number of carbonyl (C=O) groups is 1. The highest BCUT2D eigenvalue weighted by molar-refractivity contribution is 7.09. The van der Waals surface area contributed by atoms with Crippen LogP contribution in [0.2, 0.25) is 0 Å². The maximum Gasteiger partial charge on any atom is 0.270 e. The van der Waals surface area contributed by atoms with E-state index in [4.69, 9.17) is 5.73 Å². The van der Waals surface area contributed by atoms with Crippen molar-refractivity contribution < 1.29 is 9.90 Å². The molecule has 0 spiro atoms. The number of thiazole rings is 1. The molecule has 1 rings (SSSR count). The highest BCUT2D eigenvalue weighted by atomic mass is 32.1. The summed E-state index contributed by atoms with van der Waals surface area (Å²) in [4.78, 5) is 15.8. The molecule has 0 saturated carbocycles. The largest absolute Gasteiger partial charge is 0.388 e. The van der Waals surface area contributed by atoms with E-state index in [2.05, 4.69) is 10.3 Å². The van der Waals surface area contributed by atoms with Crippen LogP contribution in [0.5, 0.6) is 0 Å². The van der Waals surface area contributed by atoms with Crippen molar-refractivity contribution in [2.75, 3.05) is 6.54 Å². The molecule has 6 heteroatoms. The molecule has 0 aliphatic carbocycles. The monoisotopic (exact) mass is 257 g/mol. The molecule has 0 aliphatic rings. The number of carbonyl (C=O) groups excluding carboxylic acids is 1. The number of amides is 1. The van der Waals surface area contributed by atoms with E-state index in [9.17, 15) is 9.90 Å². The first-order chi connectivity index (χ1) is 7.98. The van der Waals surface area contributed by atoms with Gasteiger partial charge in [-0.3, -0.25) is 4.79 Å². The highest BCUT2D eigenvalue weighted by Crippen LogP contribution is 2.12. The maximum atomic E-state index is 11.7. The minimum Gasteiger partial charge on any atom is -0.388 e. The SMILES string of the molecule is CCCC(C)(O)CNC(=O)c1csc(CN)n1. The molecule has 0 saturated heterocycles. The first-order valence-corrected chi connectivity index (χ1v) is 6.51. The number of nitrogens with zero attached hydrogens (tertiary/aromatic N) is 1. The molecule has 1 heterocycles. The summed E-state index contributed by atoms with van der Waals surface area (Å²) >= 11 is 1.36.